The van der Waals surface area contributed by atoms with Crippen LogP contribution in [0.2, 0.25) is 0 Å². The Kier molecular flexibility index (Phi) is 19.2. The van der Waals surface area contributed by atoms with E-state index in [1.165, 1.54) is 45.3 Å². The molecule has 0 N–H and O–H groups in total. The Morgan fingerprint density at radius 2 is 0.464 bits per heavy atom. The summed E-state index contributed by atoms with van der Waals surface area (Å²) in [6.07, 6.45) is 26.3. The van der Waals surface area contributed by atoms with Crippen molar-refractivity contribution in [2.45, 2.75) is 181 Å². The number of hydrogen-bond donors (Lipinski definition) is 0. The first-order valence-electron chi connectivity index (χ1n) is 40.8. The van der Waals surface area contributed by atoms with Gasteiger partial charge in [-0.1, -0.05) is 102 Å². The molecule has 24 nitrogen and oxygen atoms in total. The van der Waals surface area contributed by atoms with Crippen molar-refractivity contribution in [1.82, 2.24) is 58.8 Å². The monoisotopic (exact) mass is 1520 g/mol. The number of rotatable bonds is 11. The van der Waals surface area contributed by atoms with Gasteiger partial charge in [0.25, 0.3) is 70.9 Å². The first-order chi connectivity index (χ1) is 53.5. The van der Waals surface area contributed by atoms with Crippen molar-refractivity contribution in [1.29, 1.82) is 0 Å². The van der Waals surface area contributed by atoms with Crippen LogP contribution in [-0.4, -0.2) is 214 Å². The molecule has 5 saturated carbocycles. The van der Waals surface area contributed by atoms with E-state index in [0.29, 0.717) is 125 Å². The van der Waals surface area contributed by atoms with E-state index in [9.17, 15) is 57.5 Å². The number of nitrogens with zero attached hydrogens (tertiary/aromatic N) is 12. The van der Waals surface area contributed by atoms with Gasteiger partial charge in [0.05, 0.1) is 78.3 Å². The minimum Gasteiger partial charge on any atom is -0.315 e. The van der Waals surface area contributed by atoms with Crippen molar-refractivity contribution in [2.75, 3.05) is 84.6 Å². The maximum atomic E-state index is 13.8. The molecule has 17 aliphatic rings. The van der Waals surface area contributed by atoms with Gasteiger partial charge in [-0.2, -0.15) is 0 Å². The highest BCUT2D eigenvalue weighted by Gasteiger charge is 2.56. The fraction of sp³-hybridized carbons (Fsp3) is 0.523. The van der Waals surface area contributed by atoms with Crippen molar-refractivity contribution in [3.63, 3.8) is 0 Å². The Bertz CT molecular complexity index is 4670. The van der Waals surface area contributed by atoms with Gasteiger partial charge in [-0.05, 0) is 115 Å². The molecule has 0 aromatic heterocycles. The number of carbonyl (C=O) groups excluding carboxylic acids is 12. The molecule has 1 aromatic carbocycles. The van der Waals surface area contributed by atoms with Gasteiger partial charge in [-0.3, -0.25) is 57.5 Å². The van der Waals surface area contributed by atoms with E-state index in [2.05, 4.69) is 0 Å². The maximum absolute atomic E-state index is 13.8. The number of allylic oxidation sites excluding steroid dienone is 10. The highest BCUT2D eigenvalue weighted by molar-refractivity contribution is 6.27. The van der Waals surface area contributed by atoms with Crippen molar-refractivity contribution in [3.8, 4) is 0 Å². The molecular weight excluding hydrogens is 1420 g/mol. The minimum atomic E-state index is -0.223. The molecule has 112 heavy (non-hydrogen) atoms. The fourth-order valence-corrected chi connectivity index (χ4v) is 22.2. The summed E-state index contributed by atoms with van der Waals surface area (Å²) in [7, 11) is 21.0. The summed E-state index contributed by atoms with van der Waals surface area (Å²) in [6, 6.07) is 7.28. The zero-order valence-electron chi connectivity index (χ0n) is 67.4. The lowest BCUT2D eigenvalue weighted by atomic mass is 9.76. The summed E-state index contributed by atoms with van der Waals surface area (Å²) >= 11 is 0. The molecule has 5 aliphatic carbocycles. The molecule has 0 bridgehead atoms. The van der Waals surface area contributed by atoms with Gasteiger partial charge in [0, 0.05) is 177 Å². The average Bonchev–Trinajstić information content (AvgIpc) is 1.57. The van der Waals surface area contributed by atoms with E-state index in [1.54, 1.807) is 115 Å². The van der Waals surface area contributed by atoms with Gasteiger partial charge in [-0.15, -0.1) is 0 Å². The molecule has 12 heterocycles. The van der Waals surface area contributed by atoms with Gasteiger partial charge in [0.1, 0.15) is 0 Å². The highest BCUT2D eigenvalue weighted by Crippen LogP contribution is 2.55. The predicted octanol–water partition coefficient (Wildman–Crippen LogP) is 10.2. The van der Waals surface area contributed by atoms with Gasteiger partial charge in [0.2, 0.25) is 0 Å². The molecule has 12 aliphatic heterocycles. The number of fused-ring (bicyclic) bond motifs is 6. The van der Waals surface area contributed by atoms with Crippen LogP contribution in [0, 0.1) is 35.5 Å². The van der Waals surface area contributed by atoms with Crippen LogP contribution < -0.4 is 0 Å². The van der Waals surface area contributed by atoms with Gasteiger partial charge >= 0.3 is 0 Å². The molecule has 24 heteroatoms. The number of likely N-dealkylation sites (N-methyl/N-ethyl adjacent to an activating group) is 12. The van der Waals surface area contributed by atoms with E-state index < -0.39 is 0 Å². The summed E-state index contributed by atoms with van der Waals surface area (Å²) in [5.41, 5.74) is 16.7. The minimum absolute atomic E-state index is 0.0185. The van der Waals surface area contributed by atoms with Crippen molar-refractivity contribution in [3.05, 3.63) is 159 Å². The fourth-order valence-electron chi connectivity index (χ4n) is 22.2. The number of benzene rings is 1. The summed E-state index contributed by atoms with van der Waals surface area (Å²) in [4.78, 5) is 180. The van der Waals surface area contributed by atoms with Gasteiger partial charge < -0.3 is 58.8 Å². The number of carbonyl (C=O) groups is 12. The van der Waals surface area contributed by atoms with Gasteiger partial charge in [0.15, 0.2) is 0 Å². The first-order valence-corrected chi connectivity index (χ1v) is 40.8. The molecule has 5 fully saturated rings. The third-order valence-electron chi connectivity index (χ3n) is 28.1. The smallest absolute Gasteiger partial charge is 0.260 e. The number of amides is 12. The summed E-state index contributed by atoms with van der Waals surface area (Å²) in [5.74, 6) is -0.510. The topological polar surface area (TPSA) is 244 Å². The molecule has 18 rings (SSSR count). The van der Waals surface area contributed by atoms with Gasteiger partial charge in [-0.25, -0.2) is 0 Å². The summed E-state index contributed by atoms with van der Waals surface area (Å²) in [5, 5.41) is 0. The second kappa shape index (κ2) is 28.4. The van der Waals surface area contributed by atoms with Crippen LogP contribution in [-0.2, 0) is 57.5 Å². The Morgan fingerprint density at radius 3 is 0.750 bits per heavy atom. The normalized spacial score (nSPS) is 25.8. The second-order valence-electron chi connectivity index (χ2n) is 33.9. The first kappa shape index (κ1) is 75.8. The van der Waals surface area contributed by atoms with Crippen LogP contribution in [0.5, 0.6) is 0 Å². The van der Waals surface area contributed by atoms with Crippen LogP contribution >= 0.6 is 0 Å². The lowest BCUT2D eigenvalue weighted by Gasteiger charge is -2.35. The summed E-state index contributed by atoms with van der Waals surface area (Å²) in [6.45, 7) is 3.52. The SMILES string of the molecule is CC1=C2C(=O)N(C)C(c3cccc(C4=C5C(=O)N(C)C(C)=C5C(=O)N4C)c3)=C2C(=O)N1C.CN1C(=O)C2=C(C3CCCC(C4=C5C(=O)N(C)C(C6CCCCC6)=C5C(=O)N4C)C3)N(C)C(=O)C2=C1C1CCCCC1.CN1C(=O)C2=C(C3CCCCC3)N(C)C(=O)C2=C1CCC1=C2C(=O)N(C)C(C3CCCCC3)=C2C(=O)N1C. The summed E-state index contributed by atoms with van der Waals surface area (Å²) < 4.78 is 0. The third kappa shape index (κ3) is 11.2. The molecule has 0 saturated heterocycles. The molecule has 2 unspecified atom stereocenters. The van der Waals surface area contributed by atoms with E-state index in [-0.39, 0.29) is 106 Å². The van der Waals surface area contributed by atoms with Crippen LogP contribution in [0.25, 0.3) is 11.4 Å². The third-order valence-corrected chi connectivity index (χ3v) is 28.1. The van der Waals surface area contributed by atoms with E-state index in [4.69, 9.17) is 0 Å². The predicted molar refractivity (Wildman–Crippen MR) is 416 cm³/mol. The van der Waals surface area contributed by atoms with E-state index in [1.807, 2.05) is 46.4 Å². The number of hydrogen-bond acceptors (Lipinski definition) is 12. The van der Waals surface area contributed by atoms with Crippen molar-refractivity contribution < 1.29 is 57.5 Å². The largest absolute Gasteiger partial charge is 0.315 e. The Morgan fingerprint density at radius 1 is 0.241 bits per heavy atom. The highest BCUT2D eigenvalue weighted by atomic mass is 16.2. The molecule has 2 atom stereocenters. The molecule has 0 radical (unpaired) electrons. The van der Waals surface area contributed by atoms with Crippen LogP contribution in [0.3, 0.4) is 0 Å². The van der Waals surface area contributed by atoms with Crippen LogP contribution in [0.1, 0.15) is 192 Å². The Hall–Kier alpha value is -10.3. The van der Waals surface area contributed by atoms with Crippen molar-refractivity contribution in [2.24, 2.45) is 35.5 Å². The molecular formula is C88H104N12O12. The van der Waals surface area contributed by atoms with Crippen LogP contribution in [0.15, 0.2) is 148 Å². The molecule has 588 valence electrons. The quantitative estimate of drug-likeness (QED) is 0.201. The lowest BCUT2D eigenvalue weighted by Crippen LogP contribution is -2.35. The van der Waals surface area contributed by atoms with E-state index in [0.717, 1.165) is 163 Å². The maximum Gasteiger partial charge on any atom is 0.260 e. The Balaban J connectivity index is 0.000000128. The van der Waals surface area contributed by atoms with Crippen LogP contribution in [0.4, 0.5) is 0 Å². The second-order valence-corrected chi connectivity index (χ2v) is 33.9. The Labute approximate surface area is 655 Å². The zero-order valence-corrected chi connectivity index (χ0v) is 67.4. The standard InChI is InChI=1S/C34H44N4O4.C30H38N4O4.C24H22N4O4/c1-35-27(19-12-7-5-8-13-19)23-25(33(35)41)29(37(3)31(23)39)21-16-11-17-22(18-21)30-26-24(32(40)38(30)4)28(36(2)34(26)42)20-14-9-6-10-15-20;1-31-19(21-23(29(31)37)25(33(3)27(21)35)17-11-7-5-8-12-17)15-16-20-22-24(30(38)32(20)2)26(34(4)28(22)36)18-13-9-6-10-14-18;1-11-15-17(23(31)25(11)3)19(27(5)21(15)29)13-8-7-9-14(10-13)20-18-16(22(30)28(20)6)12(2)26(4)24(18)32/h19-22H,5-18H2,1-4H3;17-18H,5-16H2,1-4H3;7-10H,1-6H3. The molecule has 0 spiro atoms. The van der Waals surface area contributed by atoms with E-state index >= 15 is 0 Å². The zero-order chi connectivity index (χ0) is 79.5. The molecule has 12 amide bonds. The lowest BCUT2D eigenvalue weighted by molar-refractivity contribution is -0.124. The molecule has 1 aromatic rings. The van der Waals surface area contributed by atoms with Crippen molar-refractivity contribution >= 4 is 82.3 Å². The average molecular weight is 1520 g/mol.